The van der Waals surface area contributed by atoms with Gasteiger partial charge in [-0.2, -0.15) is 0 Å². The Morgan fingerprint density at radius 1 is 0.673 bits per heavy atom. The van der Waals surface area contributed by atoms with Crippen LogP contribution in [0.1, 0.15) is 136 Å². The number of carbonyl (C=O) groups excluding carboxylic acids is 1. The third-order valence-corrected chi connectivity index (χ3v) is 8.51. The molecule has 1 aliphatic rings. The van der Waals surface area contributed by atoms with Crippen LogP contribution in [-0.2, 0) is 23.7 Å². The van der Waals surface area contributed by atoms with Crippen molar-refractivity contribution in [1.29, 1.82) is 0 Å². The second-order valence-corrected chi connectivity index (χ2v) is 13.0. The highest BCUT2D eigenvalue weighted by Crippen LogP contribution is 2.22. The number of rotatable bonds is 31. The Labute approximate surface area is 297 Å². The van der Waals surface area contributed by atoms with Gasteiger partial charge < -0.3 is 39.4 Å². The van der Waals surface area contributed by atoms with Gasteiger partial charge in [0.25, 0.3) is 0 Å². The molecule has 1 heterocycles. The first-order chi connectivity index (χ1) is 23.9. The van der Waals surface area contributed by atoms with Crippen LogP contribution in [0.3, 0.4) is 0 Å². The predicted octanol–water partition coefficient (Wildman–Crippen LogP) is 7.41. The number of allylic oxidation sites excluding steroid dienone is 8. The van der Waals surface area contributed by atoms with E-state index in [0.717, 1.165) is 70.6 Å². The number of unbranched alkanes of at least 4 members (excludes halogenated alkanes) is 12. The van der Waals surface area contributed by atoms with Gasteiger partial charge in [0.2, 0.25) is 0 Å². The first-order valence-electron chi connectivity index (χ1n) is 19.2. The topological polar surface area (TPSA) is 135 Å². The zero-order valence-electron chi connectivity index (χ0n) is 30.7. The predicted molar refractivity (Wildman–Crippen MR) is 196 cm³/mol. The second-order valence-electron chi connectivity index (χ2n) is 13.0. The SMILES string of the molecule is CC/C=C\C/C=C\C/C=C\C/C=C\CCCCCCCOCC(COC1OC(CO)C(O)C(O)C1O)OC(=O)CCCCCCCCCC. The number of aliphatic hydroxyl groups excluding tert-OH is 4. The summed E-state index contributed by atoms with van der Waals surface area (Å²) in [6.45, 7) is 4.35. The summed E-state index contributed by atoms with van der Waals surface area (Å²) in [5, 5.41) is 39.9. The Bertz CT molecular complexity index is 885. The summed E-state index contributed by atoms with van der Waals surface area (Å²) in [7, 11) is 0. The zero-order chi connectivity index (χ0) is 35.8. The molecule has 0 spiro atoms. The van der Waals surface area contributed by atoms with Crippen LogP contribution in [0.25, 0.3) is 0 Å². The maximum Gasteiger partial charge on any atom is 0.306 e. The molecule has 0 aliphatic carbocycles. The summed E-state index contributed by atoms with van der Waals surface area (Å²) >= 11 is 0. The fraction of sp³-hybridized carbons (Fsp3) is 0.775. The summed E-state index contributed by atoms with van der Waals surface area (Å²) in [6.07, 6.45) is 30.0. The molecular formula is C40H70O9. The summed E-state index contributed by atoms with van der Waals surface area (Å²) in [5.41, 5.74) is 0. The largest absolute Gasteiger partial charge is 0.457 e. The van der Waals surface area contributed by atoms with Crippen molar-refractivity contribution in [3.8, 4) is 0 Å². The van der Waals surface area contributed by atoms with Gasteiger partial charge in [-0.1, -0.05) is 127 Å². The van der Waals surface area contributed by atoms with Crippen molar-refractivity contribution in [3.05, 3.63) is 48.6 Å². The van der Waals surface area contributed by atoms with Crippen LogP contribution in [-0.4, -0.2) is 89.6 Å². The smallest absolute Gasteiger partial charge is 0.306 e. The molecule has 9 nitrogen and oxygen atoms in total. The first kappa shape index (κ1) is 45.2. The van der Waals surface area contributed by atoms with Gasteiger partial charge in [0.15, 0.2) is 6.29 Å². The van der Waals surface area contributed by atoms with E-state index in [1.54, 1.807) is 0 Å². The minimum Gasteiger partial charge on any atom is -0.457 e. The lowest BCUT2D eigenvalue weighted by Crippen LogP contribution is -2.59. The monoisotopic (exact) mass is 695 g/mol. The molecule has 0 aromatic rings. The molecule has 284 valence electrons. The van der Waals surface area contributed by atoms with Crippen molar-refractivity contribution in [2.75, 3.05) is 26.4 Å². The maximum atomic E-state index is 12.6. The standard InChI is InChI=1S/C40H70O9/c1-3-5-7-9-11-13-14-15-16-17-18-19-20-21-22-24-26-28-30-46-32-34(48-36(42)29-27-25-23-12-10-8-6-4-2)33-47-40-39(45)38(44)37(43)35(31-41)49-40/h5,7,11,13,15-16,18-19,34-35,37-41,43-45H,3-4,6,8-10,12,14,17,20-33H2,1-2H3/b7-5-,13-11-,16-15-,19-18-. The molecule has 0 radical (unpaired) electrons. The number of hydrogen-bond acceptors (Lipinski definition) is 9. The Balaban J connectivity index is 2.30. The van der Waals surface area contributed by atoms with Crippen molar-refractivity contribution >= 4 is 5.97 Å². The second kappa shape index (κ2) is 32.1. The number of ether oxygens (including phenoxy) is 4. The van der Waals surface area contributed by atoms with Crippen molar-refractivity contribution < 1.29 is 44.2 Å². The van der Waals surface area contributed by atoms with Crippen LogP contribution in [0.5, 0.6) is 0 Å². The van der Waals surface area contributed by atoms with Crippen LogP contribution in [0.15, 0.2) is 48.6 Å². The number of esters is 1. The van der Waals surface area contributed by atoms with Gasteiger partial charge in [-0.25, -0.2) is 0 Å². The van der Waals surface area contributed by atoms with E-state index in [4.69, 9.17) is 18.9 Å². The van der Waals surface area contributed by atoms with Gasteiger partial charge >= 0.3 is 5.97 Å². The first-order valence-corrected chi connectivity index (χ1v) is 19.2. The van der Waals surface area contributed by atoms with E-state index in [2.05, 4.69) is 62.5 Å². The molecule has 49 heavy (non-hydrogen) atoms. The molecule has 0 amide bonds. The molecule has 6 atom stereocenters. The van der Waals surface area contributed by atoms with Gasteiger partial charge in [-0.15, -0.1) is 0 Å². The number of hydrogen-bond donors (Lipinski definition) is 4. The van der Waals surface area contributed by atoms with Crippen LogP contribution >= 0.6 is 0 Å². The average molecular weight is 695 g/mol. The summed E-state index contributed by atoms with van der Waals surface area (Å²) in [4.78, 5) is 12.6. The van der Waals surface area contributed by atoms with E-state index in [0.29, 0.717) is 13.0 Å². The van der Waals surface area contributed by atoms with Gasteiger partial charge in [0, 0.05) is 13.0 Å². The third-order valence-electron chi connectivity index (χ3n) is 8.51. The van der Waals surface area contributed by atoms with Crippen molar-refractivity contribution in [1.82, 2.24) is 0 Å². The van der Waals surface area contributed by atoms with Crippen molar-refractivity contribution in [3.63, 3.8) is 0 Å². The van der Waals surface area contributed by atoms with E-state index in [9.17, 15) is 25.2 Å². The van der Waals surface area contributed by atoms with E-state index < -0.39 is 43.4 Å². The molecule has 1 saturated heterocycles. The number of carbonyl (C=O) groups is 1. The van der Waals surface area contributed by atoms with Crippen molar-refractivity contribution in [2.24, 2.45) is 0 Å². The Morgan fingerprint density at radius 3 is 1.88 bits per heavy atom. The zero-order valence-corrected chi connectivity index (χ0v) is 30.7. The lowest BCUT2D eigenvalue weighted by Gasteiger charge is -2.39. The normalized spacial score (nSPS) is 22.3. The molecule has 1 fully saturated rings. The molecule has 4 N–H and O–H groups in total. The molecule has 0 aromatic heterocycles. The van der Waals surface area contributed by atoms with Crippen molar-refractivity contribution in [2.45, 2.75) is 173 Å². The van der Waals surface area contributed by atoms with E-state index in [1.165, 1.54) is 44.9 Å². The Morgan fingerprint density at radius 2 is 1.24 bits per heavy atom. The Hall–Kier alpha value is -1.85. The van der Waals surface area contributed by atoms with Gasteiger partial charge in [-0.05, 0) is 51.4 Å². The fourth-order valence-corrected chi connectivity index (χ4v) is 5.48. The molecule has 6 unspecified atom stereocenters. The van der Waals surface area contributed by atoms with Gasteiger partial charge in [0.05, 0.1) is 19.8 Å². The minimum absolute atomic E-state index is 0.122. The number of aliphatic hydroxyl groups is 4. The third kappa shape index (κ3) is 24.1. The molecule has 0 bridgehead atoms. The lowest BCUT2D eigenvalue weighted by atomic mass is 9.99. The van der Waals surface area contributed by atoms with E-state index in [-0.39, 0.29) is 19.2 Å². The molecular weight excluding hydrogens is 624 g/mol. The summed E-state index contributed by atoms with van der Waals surface area (Å²) in [6, 6.07) is 0. The van der Waals surface area contributed by atoms with Gasteiger partial charge in [-0.3, -0.25) is 4.79 Å². The summed E-state index contributed by atoms with van der Waals surface area (Å²) < 4.78 is 22.6. The molecule has 9 heteroatoms. The van der Waals surface area contributed by atoms with Gasteiger partial charge in [0.1, 0.15) is 30.5 Å². The quantitative estimate of drug-likeness (QED) is 0.0333. The molecule has 0 aromatic carbocycles. The van der Waals surface area contributed by atoms with Crippen LogP contribution in [0.4, 0.5) is 0 Å². The van der Waals surface area contributed by atoms with Crippen LogP contribution < -0.4 is 0 Å². The fourth-order valence-electron chi connectivity index (χ4n) is 5.48. The Kier molecular flexibility index (Phi) is 29.6. The summed E-state index contributed by atoms with van der Waals surface area (Å²) in [5.74, 6) is -0.328. The highest BCUT2D eigenvalue weighted by Gasteiger charge is 2.44. The minimum atomic E-state index is -1.54. The highest BCUT2D eigenvalue weighted by molar-refractivity contribution is 5.69. The van der Waals surface area contributed by atoms with Crippen LogP contribution in [0.2, 0.25) is 0 Å². The molecule has 1 aliphatic heterocycles. The van der Waals surface area contributed by atoms with E-state index >= 15 is 0 Å². The lowest BCUT2D eigenvalue weighted by molar-refractivity contribution is -0.305. The molecule has 1 rings (SSSR count). The molecule has 0 saturated carbocycles. The average Bonchev–Trinajstić information content (AvgIpc) is 3.10. The van der Waals surface area contributed by atoms with Crippen LogP contribution in [0, 0.1) is 0 Å². The maximum absolute atomic E-state index is 12.6. The van der Waals surface area contributed by atoms with E-state index in [1.807, 2.05) is 0 Å². The highest BCUT2D eigenvalue weighted by atomic mass is 16.7.